The summed E-state index contributed by atoms with van der Waals surface area (Å²) >= 11 is 1.17. The Morgan fingerprint density at radius 2 is 1.93 bits per heavy atom. The van der Waals surface area contributed by atoms with E-state index in [1.165, 1.54) is 23.9 Å². The number of hydrogen-bond donors (Lipinski definition) is 1. The van der Waals surface area contributed by atoms with E-state index in [4.69, 9.17) is 0 Å². The highest BCUT2D eigenvalue weighted by molar-refractivity contribution is 8.00. The molecule has 0 aliphatic heterocycles. The van der Waals surface area contributed by atoms with E-state index in [1.807, 2.05) is 31.2 Å². The first-order valence-corrected chi connectivity index (χ1v) is 8.90. The first kappa shape index (κ1) is 18.5. The Kier molecular flexibility index (Phi) is 5.46. The maximum Gasteiger partial charge on any atom is 0.292 e. The van der Waals surface area contributed by atoms with Crippen LogP contribution in [-0.4, -0.2) is 36.3 Å². The van der Waals surface area contributed by atoms with Crippen LogP contribution in [0.1, 0.15) is 12.5 Å². The molecule has 1 heterocycles. The molecule has 0 saturated heterocycles. The molecule has 3 aromatic rings. The Labute approximate surface area is 158 Å². The third-order valence-corrected chi connectivity index (χ3v) is 4.83. The second-order valence-corrected chi connectivity index (χ2v) is 6.99. The summed E-state index contributed by atoms with van der Waals surface area (Å²) in [7, 11) is 0. The number of nitro benzene ring substituents is 1. The summed E-state index contributed by atoms with van der Waals surface area (Å²) in [6.45, 7) is 3.63. The number of aromatic nitrogens is 4. The number of aryl methyl sites for hydroxylation is 1. The number of carbonyl (C=O) groups is 1. The van der Waals surface area contributed by atoms with Crippen molar-refractivity contribution in [1.82, 2.24) is 20.2 Å². The van der Waals surface area contributed by atoms with Crippen molar-refractivity contribution < 1.29 is 9.72 Å². The summed E-state index contributed by atoms with van der Waals surface area (Å²) in [5.41, 5.74) is 1.80. The summed E-state index contributed by atoms with van der Waals surface area (Å²) in [4.78, 5) is 23.0. The van der Waals surface area contributed by atoms with Gasteiger partial charge in [0.1, 0.15) is 5.69 Å². The van der Waals surface area contributed by atoms with Gasteiger partial charge in [-0.05, 0) is 42.0 Å². The number of tetrazole rings is 1. The van der Waals surface area contributed by atoms with Gasteiger partial charge in [0, 0.05) is 6.07 Å². The highest BCUT2D eigenvalue weighted by Crippen LogP contribution is 2.27. The van der Waals surface area contributed by atoms with Gasteiger partial charge in [0.15, 0.2) is 0 Å². The van der Waals surface area contributed by atoms with Crippen molar-refractivity contribution in [3.63, 3.8) is 0 Å². The SMILES string of the molecule is Cc1ccccc1-n1nnnc1SC(C)C(=O)Nc1ccccc1[N+](=O)[O-]. The summed E-state index contributed by atoms with van der Waals surface area (Å²) in [6.07, 6.45) is 0. The highest BCUT2D eigenvalue weighted by atomic mass is 32.2. The molecular formula is C17H16N6O3S. The van der Waals surface area contributed by atoms with E-state index in [0.29, 0.717) is 5.16 Å². The number of amides is 1. The summed E-state index contributed by atoms with van der Waals surface area (Å²) in [6, 6.07) is 13.6. The maximum atomic E-state index is 12.5. The average molecular weight is 384 g/mol. The van der Waals surface area contributed by atoms with Gasteiger partial charge in [-0.25, -0.2) is 0 Å². The lowest BCUT2D eigenvalue weighted by Gasteiger charge is -2.12. The fourth-order valence-electron chi connectivity index (χ4n) is 2.39. The molecule has 27 heavy (non-hydrogen) atoms. The zero-order valence-corrected chi connectivity index (χ0v) is 15.4. The number of nitro groups is 1. The lowest BCUT2D eigenvalue weighted by molar-refractivity contribution is -0.383. The van der Waals surface area contributed by atoms with E-state index in [1.54, 1.807) is 23.7 Å². The Morgan fingerprint density at radius 1 is 1.22 bits per heavy atom. The van der Waals surface area contributed by atoms with Crippen LogP contribution in [0, 0.1) is 17.0 Å². The second-order valence-electron chi connectivity index (χ2n) is 5.68. The molecule has 0 aliphatic carbocycles. The zero-order valence-electron chi connectivity index (χ0n) is 14.6. The predicted molar refractivity (Wildman–Crippen MR) is 101 cm³/mol. The van der Waals surface area contributed by atoms with Gasteiger partial charge in [-0.3, -0.25) is 14.9 Å². The van der Waals surface area contributed by atoms with Crippen molar-refractivity contribution in [2.45, 2.75) is 24.3 Å². The highest BCUT2D eigenvalue weighted by Gasteiger charge is 2.22. The minimum absolute atomic E-state index is 0.151. The molecular weight excluding hydrogens is 368 g/mol. The van der Waals surface area contributed by atoms with Gasteiger partial charge >= 0.3 is 0 Å². The fourth-order valence-corrected chi connectivity index (χ4v) is 3.19. The first-order chi connectivity index (χ1) is 13.0. The number of thioether (sulfide) groups is 1. The van der Waals surface area contributed by atoms with Gasteiger partial charge in [-0.2, -0.15) is 4.68 Å². The maximum absolute atomic E-state index is 12.5. The monoisotopic (exact) mass is 384 g/mol. The smallest absolute Gasteiger partial charge is 0.292 e. The molecule has 1 aromatic heterocycles. The molecule has 138 valence electrons. The number of benzene rings is 2. The Hall–Kier alpha value is -3.27. The van der Waals surface area contributed by atoms with Gasteiger partial charge < -0.3 is 5.32 Å². The third-order valence-electron chi connectivity index (χ3n) is 3.79. The minimum Gasteiger partial charge on any atom is -0.319 e. The largest absolute Gasteiger partial charge is 0.319 e. The van der Waals surface area contributed by atoms with Crippen LogP contribution >= 0.6 is 11.8 Å². The van der Waals surface area contributed by atoms with Crippen molar-refractivity contribution in [1.29, 1.82) is 0 Å². The van der Waals surface area contributed by atoms with E-state index in [2.05, 4.69) is 20.8 Å². The molecule has 10 heteroatoms. The van der Waals surface area contributed by atoms with Gasteiger partial charge in [-0.15, -0.1) is 5.10 Å². The van der Waals surface area contributed by atoms with Gasteiger partial charge in [0.25, 0.3) is 5.69 Å². The van der Waals surface area contributed by atoms with Crippen LogP contribution in [0.4, 0.5) is 11.4 Å². The molecule has 0 spiro atoms. The Morgan fingerprint density at radius 3 is 2.67 bits per heavy atom. The molecule has 0 aliphatic rings. The molecule has 0 radical (unpaired) electrons. The van der Waals surface area contributed by atoms with Crippen LogP contribution in [0.5, 0.6) is 0 Å². The topological polar surface area (TPSA) is 116 Å². The summed E-state index contributed by atoms with van der Waals surface area (Å²) in [5.74, 6) is -0.381. The summed E-state index contributed by atoms with van der Waals surface area (Å²) < 4.78 is 1.56. The van der Waals surface area contributed by atoms with Crippen LogP contribution in [0.2, 0.25) is 0 Å². The van der Waals surface area contributed by atoms with E-state index < -0.39 is 10.2 Å². The van der Waals surface area contributed by atoms with Crippen molar-refractivity contribution in [3.8, 4) is 5.69 Å². The molecule has 0 bridgehead atoms. The number of carbonyl (C=O) groups excluding carboxylic acids is 1. The van der Waals surface area contributed by atoms with E-state index in [0.717, 1.165) is 11.3 Å². The average Bonchev–Trinajstić information content (AvgIpc) is 3.10. The number of hydrogen-bond acceptors (Lipinski definition) is 7. The number of nitrogens with one attached hydrogen (secondary N) is 1. The van der Waals surface area contributed by atoms with Crippen molar-refractivity contribution >= 4 is 29.0 Å². The normalized spacial score (nSPS) is 11.8. The first-order valence-electron chi connectivity index (χ1n) is 8.02. The number of para-hydroxylation sites is 3. The summed E-state index contributed by atoms with van der Waals surface area (Å²) in [5, 5.41) is 25.2. The minimum atomic E-state index is -0.571. The molecule has 0 fully saturated rings. The molecule has 1 amide bonds. The Balaban J connectivity index is 1.76. The molecule has 1 N–H and O–H groups in total. The number of rotatable bonds is 6. The van der Waals surface area contributed by atoms with Gasteiger partial charge in [0.2, 0.25) is 11.1 Å². The van der Waals surface area contributed by atoms with Crippen molar-refractivity contribution in [2.24, 2.45) is 0 Å². The van der Waals surface area contributed by atoms with Crippen LogP contribution < -0.4 is 5.32 Å². The molecule has 1 atom stereocenters. The quantitative estimate of drug-likeness (QED) is 0.394. The van der Waals surface area contributed by atoms with Crippen molar-refractivity contribution in [2.75, 3.05) is 5.32 Å². The van der Waals surface area contributed by atoms with Gasteiger partial charge in [0.05, 0.1) is 15.9 Å². The Bertz CT molecular complexity index is 990. The fraction of sp³-hybridized carbons (Fsp3) is 0.176. The van der Waals surface area contributed by atoms with E-state index in [-0.39, 0.29) is 17.3 Å². The molecule has 2 aromatic carbocycles. The lowest BCUT2D eigenvalue weighted by Crippen LogP contribution is -2.23. The predicted octanol–water partition coefficient (Wildman–Crippen LogP) is 3.00. The van der Waals surface area contributed by atoms with Crippen LogP contribution in [0.15, 0.2) is 53.7 Å². The number of anilines is 1. The lowest BCUT2D eigenvalue weighted by atomic mass is 10.2. The molecule has 3 rings (SSSR count). The molecule has 1 unspecified atom stereocenters. The van der Waals surface area contributed by atoms with Crippen LogP contribution in [0.3, 0.4) is 0 Å². The second kappa shape index (κ2) is 7.96. The van der Waals surface area contributed by atoms with Gasteiger partial charge in [-0.1, -0.05) is 42.1 Å². The zero-order chi connectivity index (χ0) is 19.4. The standard InChI is InChI=1S/C17H16N6O3S/c1-11-7-3-5-9-14(11)22-17(19-20-21-22)27-12(2)16(24)18-13-8-4-6-10-15(13)23(25)26/h3-10,12H,1-2H3,(H,18,24). The third kappa shape index (κ3) is 4.11. The molecule has 0 saturated carbocycles. The van der Waals surface area contributed by atoms with Crippen LogP contribution in [0.25, 0.3) is 5.69 Å². The van der Waals surface area contributed by atoms with E-state index in [9.17, 15) is 14.9 Å². The van der Waals surface area contributed by atoms with Crippen LogP contribution in [-0.2, 0) is 4.79 Å². The van der Waals surface area contributed by atoms with Crippen molar-refractivity contribution in [3.05, 3.63) is 64.2 Å². The molecule has 9 nitrogen and oxygen atoms in total. The number of nitrogens with zero attached hydrogens (tertiary/aromatic N) is 5. The van der Waals surface area contributed by atoms with E-state index >= 15 is 0 Å².